The van der Waals surface area contributed by atoms with Gasteiger partial charge in [0.2, 0.25) is 5.88 Å². The molecule has 0 bridgehead atoms. The number of aromatic nitrogens is 3. The maximum atomic E-state index is 11.1. The molecule has 3 aromatic rings. The first-order chi connectivity index (χ1) is 13.4. The van der Waals surface area contributed by atoms with Gasteiger partial charge in [0, 0.05) is 29.4 Å². The molecule has 0 fully saturated rings. The van der Waals surface area contributed by atoms with Gasteiger partial charge >= 0.3 is 6.09 Å². The molecular formula is C20H21ClN4O3. The normalized spacial score (nSPS) is 10.9. The number of carbonyl (C=O) groups excluding carboxylic acids is 1. The van der Waals surface area contributed by atoms with Crippen LogP contribution >= 0.6 is 11.6 Å². The molecule has 0 saturated heterocycles. The lowest BCUT2D eigenvalue weighted by Gasteiger charge is -2.14. The third-order valence-electron chi connectivity index (χ3n) is 4.02. The van der Waals surface area contributed by atoms with Gasteiger partial charge in [0.1, 0.15) is 18.1 Å². The standard InChI is InChI=1S/C20H21ClN4O3/c1-13(2)25-19(28-16-5-3-4-15(21)11-16)17(10-14-6-8-23-9-7-14)18(24-25)12-27-20(22)26/h3-9,11,13H,10,12H2,1-2H3,(H2,22,26). The smallest absolute Gasteiger partial charge is 0.404 e. The zero-order valence-corrected chi connectivity index (χ0v) is 16.4. The van der Waals surface area contributed by atoms with E-state index in [-0.39, 0.29) is 12.6 Å². The fraction of sp³-hybridized carbons (Fsp3) is 0.250. The SMILES string of the molecule is CC(C)n1nc(COC(N)=O)c(Cc2ccncc2)c1Oc1cccc(Cl)c1. The number of benzene rings is 1. The third kappa shape index (κ3) is 4.80. The molecule has 2 heterocycles. The van der Waals surface area contributed by atoms with Crippen molar-refractivity contribution in [3.05, 3.63) is 70.6 Å². The Labute approximate surface area is 168 Å². The molecule has 0 spiro atoms. The van der Waals surface area contributed by atoms with Crippen LogP contribution in [0.3, 0.4) is 0 Å². The van der Waals surface area contributed by atoms with Crippen molar-refractivity contribution < 1.29 is 14.3 Å². The Kier molecular flexibility index (Phi) is 6.16. The van der Waals surface area contributed by atoms with Crippen LogP contribution in [0.15, 0.2) is 48.8 Å². The monoisotopic (exact) mass is 400 g/mol. The molecule has 8 heteroatoms. The van der Waals surface area contributed by atoms with E-state index in [9.17, 15) is 4.79 Å². The van der Waals surface area contributed by atoms with Gasteiger partial charge in [0.25, 0.3) is 0 Å². The number of rotatable bonds is 7. The molecule has 0 unspecified atom stereocenters. The van der Waals surface area contributed by atoms with E-state index in [1.165, 1.54) is 0 Å². The summed E-state index contributed by atoms with van der Waals surface area (Å²) in [5.41, 5.74) is 7.55. The average molecular weight is 401 g/mol. The molecular weight excluding hydrogens is 380 g/mol. The lowest BCUT2D eigenvalue weighted by Crippen LogP contribution is -2.13. The van der Waals surface area contributed by atoms with Crippen molar-refractivity contribution in [3.8, 4) is 11.6 Å². The fourth-order valence-corrected chi connectivity index (χ4v) is 2.92. The maximum absolute atomic E-state index is 11.1. The molecule has 7 nitrogen and oxygen atoms in total. The summed E-state index contributed by atoms with van der Waals surface area (Å²) in [7, 11) is 0. The molecule has 3 rings (SSSR count). The predicted molar refractivity (Wildman–Crippen MR) is 106 cm³/mol. The molecule has 1 aromatic carbocycles. The average Bonchev–Trinajstić information content (AvgIpc) is 2.98. The van der Waals surface area contributed by atoms with Crippen LogP contribution in [0, 0.1) is 0 Å². The quantitative estimate of drug-likeness (QED) is 0.630. The molecule has 0 saturated carbocycles. The van der Waals surface area contributed by atoms with E-state index in [1.54, 1.807) is 29.2 Å². The van der Waals surface area contributed by atoms with Crippen LogP contribution in [-0.4, -0.2) is 20.9 Å². The number of carbonyl (C=O) groups is 1. The van der Waals surface area contributed by atoms with Gasteiger partial charge in [0.15, 0.2) is 0 Å². The molecule has 0 radical (unpaired) electrons. The van der Waals surface area contributed by atoms with Crippen molar-refractivity contribution in [2.24, 2.45) is 5.73 Å². The first kappa shape index (κ1) is 19.7. The predicted octanol–water partition coefficient (Wildman–Crippen LogP) is 4.49. The first-order valence-corrected chi connectivity index (χ1v) is 9.16. The van der Waals surface area contributed by atoms with Crippen LogP contribution in [-0.2, 0) is 17.8 Å². The number of pyridine rings is 1. The van der Waals surface area contributed by atoms with Gasteiger partial charge in [-0.3, -0.25) is 4.98 Å². The molecule has 28 heavy (non-hydrogen) atoms. The molecule has 146 valence electrons. The van der Waals surface area contributed by atoms with Crippen LogP contribution in [0.4, 0.5) is 4.79 Å². The number of halogens is 1. The molecule has 0 atom stereocenters. The number of amides is 1. The number of nitrogens with zero attached hydrogens (tertiary/aromatic N) is 3. The maximum Gasteiger partial charge on any atom is 0.404 e. The summed E-state index contributed by atoms with van der Waals surface area (Å²) in [5, 5.41) is 5.18. The van der Waals surface area contributed by atoms with Crippen molar-refractivity contribution in [3.63, 3.8) is 0 Å². The van der Waals surface area contributed by atoms with Crippen molar-refractivity contribution in [1.82, 2.24) is 14.8 Å². The Balaban J connectivity index is 2.06. The van der Waals surface area contributed by atoms with Gasteiger partial charge in [0.05, 0.1) is 6.04 Å². The van der Waals surface area contributed by atoms with Gasteiger partial charge in [-0.1, -0.05) is 17.7 Å². The minimum atomic E-state index is -0.855. The number of nitrogens with two attached hydrogens (primary N) is 1. The Bertz CT molecular complexity index is 957. The second kappa shape index (κ2) is 8.75. The highest BCUT2D eigenvalue weighted by Crippen LogP contribution is 2.33. The molecule has 2 aromatic heterocycles. The molecule has 0 aliphatic carbocycles. The zero-order valence-electron chi connectivity index (χ0n) is 15.6. The topological polar surface area (TPSA) is 92.3 Å². The van der Waals surface area contributed by atoms with Crippen molar-refractivity contribution in [2.75, 3.05) is 0 Å². The molecule has 2 N–H and O–H groups in total. The number of ether oxygens (including phenoxy) is 2. The van der Waals surface area contributed by atoms with Crippen molar-refractivity contribution in [1.29, 1.82) is 0 Å². The number of hydrogen-bond acceptors (Lipinski definition) is 5. The second-order valence-corrected chi connectivity index (χ2v) is 6.90. The van der Waals surface area contributed by atoms with Crippen molar-refractivity contribution in [2.45, 2.75) is 32.9 Å². The van der Waals surface area contributed by atoms with E-state index in [1.807, 2.05) is 38.1 Å². The van der Waals surface area contributed by atoms with E-state index < -0.39 is 6.09 Å². The Hall–Kier alpha value is -3.06. The fourth-order valence-electron chi connectivity index (χ4n) is 2.74. The van der Waals surface area contributed by atoms with E-state index in [0.29, 0.717) is 28.8 Å². The first-order valence-electron chi connectivity index (χ1n) is 8.79. The summed E-state index contributed by atoms with van der Waals surface area (Å²) in [5.74, 6) is 1.16. The number of primary amides is 1. The molecule has 0 aliphatic rings. The highest BCUT2D eigenvalue weighted by Gasteiger charge is 2.23. The second-order valence-electron chi connectivity index (χ2n) is 6.47. The highest BCUT2D eigenvalue weighted by molar-refractivity contribution is 6.30. The summed E-state index contributed by atoms with van der Waals surface area (Å²) < 4.78 is 12.9. The van der Waals surface area contributed by atoms with E-state index in [2.05, 4.69) is 10.1 Å². The van der Waals surface area contributed by atoms with Gasteiger partial charge in [-0.15, -0.1) is 0 Å². The lowest BCUT2D eigenvalue weighted by atomic mass is 10.1. The number of hydrogen-bond donors (Lipinski definition) is 1. The Morgan fingerprint density at radius 2 is 2.00 bits per heavy atom. The van der Waals surface area contributed by atoms with Gasteiger partial charge in [-0.05, 0) is 49.7 Å². The van der Waals surface area contributed by atoms with Gasteiger partial charge < -0.3 is 15.2 Å². The summed E-state index contributed by atoms with van der Waals surface area (Å²) in [6.45, 7) is 3.95. The Morgan fingerprint density at radius 3 is 2.64 bits per heavy atom. The lowest BCUT2D eigenvalue weighted by molar-refractivity contribution is 0.148. The van der Waals surface area contributed by atoms with Crippen LogP contribution < -0.4 is 10.5 Å². The van der Waals surface area contributed by atoms with Crippen LogP contribution in [0.1, 0.15) is 36.7 Å². The Morgan fingerprint density at radius 1 is 1.25 bits per heavy atom. The van der Waals surface area contributed by atoms with Crippen LogP contribution in [0.25, 0.3) is 0 Å². The summed E-state index contributed by atoms with van der Waals surface area (Å²) >= 11 is 6.09. The summed E-state index contributed by atoms with van der Waals surface area (Å²) in [6, 6.07) is 11.0. The minimum absolute atomic E-state index is 0.0210. The molecule has 0 aliphatic heterocycles. The van der Waals surface area contributed by atoms with Gasteiger partial charge in [-0.25, -0.2) is 9.48 Å². The molecule has 1 amide bonds. The van der Waals surface area contributed by atoms with Gasteiger partial charge in [-0.2, -0.15) is 5.10 Å². The zero-order chi connectivity index (χ0) is 20.1. The van der Waals surface area contributed by atoms with E-state index in [0.717, 1.165) is 11.1 Å². The third-order valence-corrected chi connectivity index (χ3v) is 4.26. The summed E-state index contributed by atoms with van der Waals surface area (Å²) in [4.78, 5) is 15.2. The van der Waals surface area contributed by atoms with Crippen molar-refractivity contribution >= 4 is 17.7 Å². The highest BCUT2D eigenvalue weighted by atomic mass is 35.5. The van der Waals surface area contributed by atoms with E-state index in [4.69, 9.17) is 26.8 Å². The largest absolute Gasteiger partial charge is 0.443 e. The summed E-state index contributed by atoms with van der Waals surface area (Å²) in [6.07, 6.45) is 3.12. The van der Waals surface area contributed by atoms with E-state index >= 15 is 0 Å². The van der Waals surface area contributed by atoms with Crippen LogP contribution in [0.2, 0.25) is 5.02 Å². The van der Waals surface area contributed by atoms with Crippen LogP contribution in [0.5, 0.6) is 11.6 Å². The minimum Gasteiger partial charge on any atom is -0.443 e.